The van der Waals surface area contributed by atoms with Crippen molar-refractivity contribution in [3.05, 3.63) is 34.3 Å². The summed E-state index contributed by atoms with van der Waals surface area (Å²) in [6.07, 6.45) is 2.71. The summed E-state index contributed by atoms with van der Waals surface area (Å²) in [6.45, 7) is 2.89. The number of halogens is 1. The van der Waals surface area contributed by atoms with Crippen molar-refractivity contribution in [2.45, 2.75) is 32.2 Å². The van der Waals surface area contributed by atoms with E-state index in [9.17, 15) is 9.59 Å². The molecule has 2 fully saturated rings. The van der Waals surface area contributed by atoms with Crippen molar-refractivity contribution in [3.63, 3.8) is 0 Å². The average molecular weight is 308 g/mol. The molecule has 1 aliphatic carbocycles. The van der Waals surface area contributed by atoms with E-state index < -0.39 is 0 Å². The fraction of sp³-hybridized carbons (Fsp3) is 0.500. The van der Waals surface area contributed by atoms with Crippen LogP contribution in [0.3, 0.4) is 0 Å². The molecule has 0 bridgehead atoms. The minimum atomic E-state index is -0.380. The summed E-state index contributed by atoms with van der Waals surface area (Å²) in [5.74, 6) is -0.0749. The number of carbonyl (C=O) groups is 2. The summed E-state index contributed by atoms with van der Waals surface area (Å²) in [4.78, 5) is 25.8. The second-order valence-corrected chi connectivity index (χ2v) is 6.32. The highest BCUT2D eigenvalue weighted by molar-refractivity contribution is 6.31. The Bertz CT molecular complexity index is 583. The first-order valence-electron chi connectivity index (χ1n) is 7.27. The summed E-state index contributed by atoms with van der Waals surface area (Å²) in [6, 6.07) is 5.57. The van der Waals surface area contributed by atoms with Gasteiger partial charge in [0.1, 0.15) is 0 Å². The molecule has 112 valence electrons. The third-order valence-corrected chi connectivity index (χ3v) is 4.49. The number of rotatable bonds is 4. The fourth-order valence-electron chi connectivity index (χ4n) is 2.66. The third-order valence-electron chi connectivity index (χ3n) is 4.08. The van der Waals surface area contributed by atoms with E-state index in [4.69, 9.17) is 16.3 Å². The number of likely N-dealkylation sites (tertiary alicyclic amines) is 1. The van der Waals surface area contributed by atoms with Crippen molar-refractivity contribution in [3.8, 4) is 0 Å². The molecule has 1 saturated carbocycles. The molecule has 0 N–H and O–H groups in total. The number of esters is 1. The molecule has 0 aromatic heterocycles. The number of carbonyl (C=O) groups excluding carboxylic acids is 2. The van der Waals surface area contributed by atoms with Gasteiger partial charge >= 0.3 is 5.97 Å². The van der Waals surface area contributed by atoms with Gasteiger partial charge in [-0.05, 0) is 37.5 Å². The number of nitrogens with zero attached hydrogens (tertiary/aromatic N) is 1. The van der Waals surface area contributed by atoms with Crippen LogP contribution in [0.5, 0.6) is 0 Å². The van der Waals surface area contributed by atoms with Crippen molar-refractivity contribution in [1.29, 1.82) is 0 Å². The van der Waals surface area contributed by atoms with Gasteiger partial charge in [-0.25, -0.2) is 4.79 Å². The minimum Gasteiger partial charge on any atom is -0.462 e. The summed E-state index contributed by atoms with van der Waals surface area (Å²) in [5.41, 5.74) is 1.38. The van der Waals surface area contributed by atoms with E-state index >= 15 is 0 Å². The topological polar surface area (TPSA) is 46.6 Å². The monoisotopic (exact) mass is 307 g/mol. The Labute approximate surface area is 129 Å². The van der Waals surface area contributed by atoms with Crippen LogP contribution in [0, 0.1) is 12.8 Å². The second kappa shape index (κ2) is 5.68. The molecule has 5 heteroatoms. The zero-order valence-corrected chi connectivity index (χ0v) is 12.7. The molecule has 1 heterocycles. The Morgan fingerprint density at radius 2 is 2.19 bits per heavy atom. The Morgan fingerprint density at radius 3 is 2.86 bits per heavy atom. The van der Waals surface area contributed by atoms with Gasteiger partial charge in [-0.2, -0.15) is 0 Å². The molecule has 3 rings (SSSR count). The maximum Gasteiger partial charge on any atom is 0.338 e. The fourth-order valence-corrected chi connectivity index (χ4v) is 2.84. The molecule has 0 radical (unpaired) electrons. The quantitative estimate of drug-likeness (QED) is 0.804. The van der Waals surface area contributed by atoms with Gasteiger partial charge in [-0.15, -0.1) is 0 Å². The Hall–Kier alpha value is -1.55. The van der Waals surface area contributed by atoms with Crippen molar-refractivity contribution in [2.75, 3.05) is 13.2 Å². The molecule has 1 saturated heterocycles. The summed E-state index contributed by atoms with van der Waals surface area (Å²) >= 11 is 6.01. The molecule has 2 aliphatic rings. The summed E-state index contributed by atoms with van der Waals surface area (Å²) in [7, 11) is 0. The van der Waals surface area contributed by atoms with E-state index in [2.05, 4.69) is 0 Å². The van der Waals surface area contributed by atoms with E-state index in [1.165, 1.54) is 0 Å². The molecule has 1 amide bonds. The standard InChI is InChI=1S/C16H18ClNO3/c1-10-2-3-12(7-14(10)17)16(20)21-9-11-6-15(19)18(8-11)13-4-5-13/h2-3,7,11,13H,4-6,8-9H2,1H3. The van der Waals surface area contributed by atoms with Gasteiger partial charge in [0, 0.05) is 29.9 Å². The predicted molar refractivity (Wildman–Crippen MR) is 79.3 cm³/mol. The average Bonchev–Trinajstić information content (AvgIpc) is 3.23. The summed E-state index contributed by atoms with van der Waals surface area (Å²) in [5, 5.41) is 0.556. The van der Waals surface area contributed by atoms with E-state index in [1.807, 2.05) is 11.8 Å². The van der Waals surface area contributed by atoms with Gasteiger partial charge in [0.15, 0.2) is 0 Å². The highest BCUT2D eigenvalue weighted by Crippen LogP contribution is 2.32. The minimum absolute atomic E-state index is 0.114. The third kappa shape index (κ3) is 3.21. The van der Waals surface area contributed by atoms with Gasteiger partial charge in [0.2, 0.25) is 5.91 Å². The van der Waals surface area contributed by atoms with E-state index in [-0.39, 0.29) is 17.8 Å². The maximum absolute atomic E-state index is 12.0. The van der Waals surface area contributed by atoms with Gasteiger partial charge in [-0.1, -0.05) is 17.7 Å². The first kappa shape index (κ1) is 14.4. The lowest BCUT2D eigenvalue weighted by Crippen LogP contribution is -2.27. The number of aryl methyl sites for hydroxylation is 1. The number of hydrogen-bond donors (Lipinski definition) is 0. The lowest BCUT2D eigenvalue weighted by Gasteiger charge is -2.15. The van der Waals surface area contributed by atoms with Crippen LogP contribution in [0.4, 0.5) is 0 Å². The van der Waals surface area contributed by atoms with Crippen LogP contribution >= 0.6 is 11.6 Å². The van der Waals surface area contributed by atoms with Crippen molar-refractivity contribution in [1.82, 2.24) is 4.90 Å². The molecule has 21 heavy (non-hydrogen) atoms. The Balaban J connectivity index is 1.54. The van der Waals surface area contributed by atoms with Crippen LogP contribution in [0.1, 0.15) is 35.2 Å². The maximum atomic E-state index is 12.0. The number of benzene rings is 1. The van der Waals surface area contributed by atoms with Crippen molar-refractivity contribution >= 4 is 23.5 Å². The highest BCUT2D eigenvalue weighted by Gasteiger charge is 2.39. The molecular formula is C16H18ClNO3. The second-order valence-electron chi connectivity index (χ2n) is 5.91. The van der Waals surface area contributed by atoms with E-state index in [0.29, 0.717) is 36.2 Å². The number of ether oxygens (including phenoxy) is 1. The zero-order valence-electron chi connectivity index (χ0n) is 12.0. The van der Waals surface area contributed by atoms with Crippen LogP contribution in [0.2, 0.25) is 5.02 Å². The van der Waals surface area contributed by atoms with Crippen molar-refractivity contribution < 1.29 is 14.3 Å². The van der Waals surface area contributed by atoms with Gasteiger partial charge in [-0.3, -0.25) is 4.79 Å². The molecule has 4 nitrogen and oxygen atoms in total. The lowest BCUT2D eigenvalue weighted by molar-refractivity contribution is -0.128. The summed E-state index contributed by atoms with van der Waals surface area (Å²) < 4.78 is 5.33. The Morgan fingerprint density at radius 1 is 1.43 bits per heavy atom. The molecule has 1 atom stereocenters. The predicted octanol–water partition coefficient (Wildman–Crippen LogP) is 2.82. The van der Waals surface area contributed by atoms with Gasteiger partial charge < -0.3 is 9.64 Å². The van der Waals surface area contributed by atoms with E-state index in [1.54, 1.807) is 18.2 Å². The lowest BCUT2D eigenvalue weighted by atomic mass is 10.1. The van der Waals surface area contributed by atoms with Gasteiger partial charge in [0.05, 0.1) is 12.2 Å². The van der Waals surface area contributed by atoms with E-state index in [0.717, 1.165) is 18.4 Å². The highest BCUT2D eigenvalue weighted by atomic mass is 35.5. The molecule has 1 unspecified atom stereocenters. The molecule has 1 aromatic carbocycles. The van der Waals surface area contributed by atoms with Gasteiger partial charge in [0.25, 0.3) is 0 Å². The largest absolute Gasteiger partial charge is 0.462 e. The van der Waals surface area contributed by atoms with Crippen LogP contribution in [-0.4, -0.2) is 36.0 Å². The van der Waals surface area contributed by atoms with Crippen LogP contribution in [0.25, 0.3) is 0 Å². The molecule has 1 aliphatic heterocycles. The first-order chi connectivity index (χ1) is 10.0. The van der Waals surface area contributed by atoms with Crippen molar-refractivity contribution in [2.24, 2.45) is 5.92 Å². The normalized spacial score (nSPS) is 21.7. The first-order valence-corrected chi connectivity index (χ1v) is 7.65. The molecule has 0 spiro atoms. The van der Waals surface area contributed by atoms with Crippen LogP contribution in [-0.2, 0) is 9.53 Å². The van der Waals surface area contributed by atoms with Crippen LogP contribution < -0.4 is 0 Å². The number of hydrogen-bond acceptors (Lipinski definition) is 3. The smallest absolute Gasteiger partial charge is 0.338 e. The van der Waals surface area contributed by atoms with Crippen LogP contribution in [0.15, 0.2) is 18.2 Å². The number of amides is 1. The Kier molecular flexibility index (Phi) is 3.89. The SMILES string of the molecule is Cc1ccc(C(=O)OCC2CC(=O)N(C3CC3)C2)cc1Cl. The molecular weight excluding hydrogens is 290 g/mol. The zero-order chi connectivity index (χ0) is 15.0. The molecule has 1 aromatic rings.